The maximum Gasteiger partial charge on any atom is 0.179 e. The first-order valence-electron chi connectivity index (χ1n) is 14.5. The van der Waals surface area contributed by atoms with Gasteiger partial charge in [0, 0.05) is 20.3 Å². The minimum absolute atomic E-state index is 0.200. The molecule has 0 amide bonds. The molecule has 0 heterocycles. The average molecular weight is 592 g/mol. The Morgan fingerprint density at radius 1 is 0.545 bits per heavy atom. The van der Waals surface area contributed by atoms with Crippen molar-refractivity contribution in [3.63, 3.8) is 0 Å². The SMILES string of the molecule is CO[13CH](OC)[13CH](c1ccc(OCc2ccccc2)cc1)[13C](=O)c1ccc(OCc2ccccc2)cc1OCc1ccccc1. The van der Waals surface area contributed by atoms with Gasteiger partial charge in [-0.15, -0.1) is 0 Å². The summed E-state index contributed by atoms with van der Waals surface area (Å²) >= 11 is 0. The van der Waals surface area contributed by atoms with Gasteiger partial charge in [0.15, 0.2) is 12.1 Å². The summed E-state index contributed by atoms with van der Waals surface area (Å²) in [4.78, 5) is 14.3. The number of hydrogen-bond acceptors (Lipinski definition) is 6. The van der Waals surface area contributed by atoms with E-state index in [1.54, 1.807) is 18.2 Å². The zero-order chi connectivity index (χ0) is 30.6. The number of methoxy groups -OCH3 is 2. The number of carbonyl (C=O) groups excluding carboxylic acids is 1. The number of rotatable bonds is 15. The molecular formula is C38H36O6. The van der Waals surface area contributed by atoms with E-state index in [1.807, 2.05) is 115 Å². The van der Waals surface area contributed by atoms with Crippen molar-refractivity contribution in [1.29, 1.82) is 0 Å². The highest BCUT2D eigenvalue weighted by atomic mass is 16.8. The third kappa shape index (κ3) is 8.13. The van der Waals surface area contributed by atoms with Crippen LogP contribution < -0.4 is 14.2 Å². The summed E-state index contributed by atoms with van der Waals surface area (Å²) in [6.45, 7) is 1.13. The summed E-state index contributed by atoms with van der Waals surface area (Å²) in [6.07, 6.45) is -0.824. The van der Waals surface area contributed by atoms with Gasteiger partial charge in [-0.3, -0.25) is 4.79 Å². The Balaban J connectivity index is 1.41. The van der Waals surface area contributed by atoms with Gasteiger partial charge in [-0.1, -0.05) is 103 Å². The molecule has 0 spiro atoms. The molecular weight excluding hydrogens is 555 g/mol. The molecule has 6 heteroatoms. The zero-order valence-corrected chi connectivity index (χ0v) is 24.9. The molecule has 5 aromatic carbocycles. The fraction of sp³-hybridized carbons (Fsp3) is 0.184. The van der Waals surface area contributed by atoms with E-state index in [-0.39, 0.29) is 5.78 Å². The van der Waals surface area contributed by atoms with Crippen molar-refractivity contribution in [2.45, 2.75) is 32.0 Å². The quantitative estimate of drug-likeness (QED) is 0.0698. The largest absolute Gasteiger partial charge is 0.489 e. The number of ketones is 1. The normalized spacial score (nSPS) is 11.6. The van der Waals surface area contributed by atoms with Crippen LogP contribution in [0, 0.1) is 0 Å². The Kier molecular flexibility index (Phi) is 10.8. The summed E-state index contributed by atoms with van der Waals surface area (Å²) < 4.78 is 29.6. The van der Waals surface area contributed by atoms with Crippen LogP contribution in [-0.2, 0) is 29.3 Å². The summed E-state index contributed by atoms with van der Waals surface area (Å²) in [6, 6.07) is 42.5. The second-order valence-corrected chi connectivity index (χ2v) is 10.2. The first-order valence-corrected chi connectivity index (χ1v) is 14.5. The molecule has 0 aliphatic rings. The maximum absolute atomic E-state index is 14.3. The van der Waals surface area contributed by atoms with Crippen molar-refractivity contribution in [2.24, 2.45) is 0 Å². The Labute approximate surface area is 258 Å². The van der Waals surface area contributed by atoms with Gasteiger partial charge in [-0.25, -0.2) is 0 Å². The number of benzene rings is 5. The van der Waals surface area contributed by atoms with Gasteiger partial charge in [-0.2, -0.15) is 0 Å². The van der Waals surface area contributed by atoms with E-state index in [1.165, 1.54) is 14.2 Å². The van der Waals surface area contributed by atoms with Crippen molar-refractivity contribution >= 4 is 5.78 Å². The smallest absolute Gasteiger partial charge is 0.179 e. The van der Waals surface area contributed by atoms with Crippen LogP contribution in [0.1, 0.15) is 38.5 Å². The molecule has 0 bridgehead atoms. The fourth-order valence-corrected chi connectivity index (χ4v) is 4.87. The first-order chi connectivity index (χ1) is 21.6. The Hall–Kier alpha value is -4.91. The molecule has 0 radical (unpaired) electrons. The molecule has 0 aliphatic carbocycles. The van der Waals surface area contributed by atoms with Crippen molar-refractivity contribution in [1.82, 2.24) is 0 Å². The molecule has 0 aliphatic heterocycles. The van der Waals surface area contributed by atoms with Crippen LogP contribution in [0.2, 0.25) is 0 Å². The second-order valence-electron chi connectivity index (χ2n) is 10.2. The van der Waals surface area contributed by atoms with Crippen LogP contribution in [-0.4, -0.2) is 26.3 Å². The molecule has 0 saturated carbocycles. The lowest BCUT2D eigenvalue weighted by Gasteiger charge is -2.25. The summed E-state index contributed by atoms with van der Waals surface area (Å²) in [7, 11) is 3.05. The van der Waals surface area contributed by atoms with Gasteiger partial charge in [0.2, 0.25) is 0 Å². The Morgan fingerprint density at radius 2 is 1.00 bits per heavy atom. The molecule has 0 fully saturated rings. The molecule has 0 aromatic heterocycles. The number of Topliss-reactive ketones (excluding diaryl/α,β-unsaturated/α-hetero) is 1. The minimum atomic E-state index is -0.824. The fourth-order valence-electron chi connectivity index (χ4n) is 4.87. The van der Waals surface area contributed by atoms with Gasteiger partial charge in [0.25, 0.3) is 0 Å². The van der Waals surface area contributed by atoms with Crippen LogP contribution in [0.25, 0.3) is 0 Å². The van der Waals surface area contributed by atoms with Crippen molar-refractivity contribution in [2.75, 3.05) is 14.2 Å². The van der Waals surface area contributed by atoms with E-state index in [9.17, 15) is 4.79 Å². The van der Waals surface area contributed by atoms with Crippen LogP contribution in [0.3, 0.4) is 0 Å². The molecule has 0 saturated heterocycles. The third-order valence-corrected chi connectivity index (χ3v) is 7.21. The highest BCUT2D eigenvalue weighted by Crippen LogP contribution is 2.34. The van der Waals surface area contributed by atoms with E-state index >= 15 is 0 Å². The van der Waals surface area contributed by atoms with E-state index in [0.717, 1.165) is 22.3 Å². The predicted octanol–water partition coefficient (Wildman–Crippen LogP) is 8.01. The Bertz CT molecular complexity index is 1580. The zero-order valence-electron chi connectivity index (χ0n) is 24.9. The van der Waals surface area contributed by atoms with Crippen LogP contribution in [0.15, 0.2) is 133 Å². The number of ether oxygens (including phenoxy) is 5. The van der Waals surface area contributed by atoms with Gasteiger partial charge in [0.05, 0.1) is 11.5 Å². The van der Waals surface area contributed by atoms with Crippen LogP contribution in [0.4, 0.5) is 0 Å². The second kappa shape index (κ2) is 15.5. The summed E-state index contributed by atoms with van der Waals surface area (Å²) in [5.74, 6) is 0.753. The summed E-state index contributed by atoms with van der Waals surface area (Å²) in [5, 5.41) is 0. The molecule has 224 valence electrons. The number of carbonyl (C=O) groups is 1. The lowest BCUT2D eigenvalue weighted by molar-refractivity contribution is -0.110. The average Bonchev–Trinajstić information content (AvgIpc) is 3.09. The van der Waals surface area contributed by atoms with Crippen LogP contribution in [0.5, 0.6) is 17.2 Å². The van der Waals surface area contributed by atoms with Gasteiger partial charge < -0.3 is 23.7 Å². The molecule has 6 nitrogen and oxygen atoms in total. The molecule has 1 atom stereocenters. The minimum Gasteiger partial charge on any atom is -0.489 e. The topological polar surface area (TPSA) is 63.2 Å². The lowest BCUT2D eigenvalue weighted by atomic mass is 10.2. The van der Waals surface area contributed by atoms with Crippen LogP contribution >= 0.6 is 0 Å². The molecule has 0 N–H and O–H groups in total. The maximum atomic E-state index is 14.3. The predicted molar refractivity (Wildman–Crippen MR) is 170 cm³/mol. The number of hydrogen-bond donors (Lipinski definition) is 0. The van der Waals surface area contributed by atoms with Crippen molar-refractivity contribution < 1.29 is 28.5 Å². The van der Waals surface area contributed by atoms with Crippen molar-refractivity contribution in [3.05, 3.63) is 161 Å². The van der Waals surface area contributed by atoms with Gasteiger partial charge >= 0.3 is 0 Å². The van der Waals surface area contributed by atoms with E-state index in [4.69, 9.17) is 23.7 Å². The molecule has 5 rings (SSSR count). The standard InChI is InChI=1S/C38H36O6/c1-40-38(41-2)36(31-18-20-32(21-19-31)42-25-28-12-6-3-7-13-28)37(39)34-23-22-33(43-26-29-14-8-4-9-15-29)24-35(34)44-27-30-16-10-5-11-17-30/h3-24,36,38H,25-27H2,1-2H3/i36+1,37+1,38+1. The van der Waals surface area contributed by atoms with Gasteiger partial charge in [0.1, 0.15) is 37.1 Å². The monoisotopic (exact) mass is 591 g/mol. The molecule has 1 unspecified atom stereocenters. The molecule has 44 heavy (non-hydrogen) atoms. The molecule has 5 aromatic rings. The van der Waals surface area contributed by atoms with Crippen molar-refractivity contribution in [3.8, 4) is 17.2 Å². The van der Waals surface area contributed by atoms with E-state index in [2.05, 4.69) is 0 Å². The van der Waals surface area contributed by atoms with E-state index < -0.39 is 12.2 Å². The highest BCUT2D eigenvalue weighted by molar-refractivity contribution is 6.03. The third-order valence-electron chi connectivity index (χ3n) is 7.21. The Morgan fingerprint density at radius 3 is 1.50 bits per heavy atom. The van der Waals surface area contributed by atoms with Gasteiger partial charge in [-0.05, 0) is 46.5 Å². The highest BCUT2D eigenvalue weighted by Gasteiger charge is 2.33. The lowest BCUT2D eigenvalue weighted by Crippen LogP contribution is -2.30. The summed E-state index contributed by atoms with van der Waals surface area (Å²) in [5.41, 5.74) is 4.23. The van der Waals surface area contributed by atoms with E-state index in [0.29, 0.717) is 42.6 Å². The first kappa shape index (κ1) is 30.5.